The molecule has 1 N–H and O–H groups in total. The standard InChI is InChI=1S/C27H38N2O.2ClH/c1-19-12-13-23(28-6)22-16-24-26(3,4)27(5,25(19)22)14-15-29(24)17-20(2)30-18-21-10-8-7-9-11-21;;/h7-13,20,24,28H,14-18H2,1-6H3;2*1H. The van der Waals surface area contributed by atoms with Crippen molar-refractivity contribution in [2.75, 3.05) is 25.5 Å². The van der Waals surface area contributed by atoms with Crippen molar-refractivity contribution in [1.29, 1.82) is 0 Å². The summed E-state index contributed by atoms with van der Waals surface area (Å²) in [6, 6.07) is 15.6. The summed E-state index contributed by atoms with van der Waals surface area (Å²) >= 11 is 0. The molecule has 1 saturated heterocycles. The van der Waals surface area contributed by atoms with Gasteiger partial charge in [0, 0.05) is 30.7 Å². The number of benzene rings is 2. The summed E-state index contributed by atoms with van der Waals surface area (Å²) in [7, 11) is 2.06. The molecule has 1 heterocycles. The number of anilines is 1. The Hall–Kier alpha value is -1.26. The zero-order valence-electron chi connectivity index (χ0n) is 20.4. The molecule has 0 amide bonds. The number of hydrogen-bond acceptors (Lipinski definition) is 3. The molecule has 178 valence electrons. The zero-order valence-corrected chi connectivity index (χ0v) is 22.0. The Labute approximate surface area is 207 Å². The lowest BCUT2D eigenvalue weighted by atomic mass is 9.50. The highest BCUT2D eigenvalue weighted by molar-refractivity contribution is 5.85. The van der Waals surface area contributed by atoms with E-state index in [4.69, 9.17) is 4.74 Å². The molecule has 0 spiro atoms. The maximum atomic E-state index is 6.24. The van der Waals surface area contributed by atoms with Gasteiger partial charge in [0.05, 0.1) is 12.7 Å². The highest BCUT2D eigenvalue weighted by Gasteiger charge is 2.56. The smallest absolute Gasteiger partial charge is 0.0721 e. The lowest BCUT2D eigenvalue weighted by molar-refractivity contribution is -0.0649. The molecule has 1 fully saturated rings. The Morgan fingerprint density at radius 2 is 1.78 bits per heavy atom. The van der Waals surface area contributed by atoms with Crippen molar-refractivity contribution < 1.29 is 4.74 Å². The first-order valence-corrected chi connectivity index (χ1v) is 11.5. The molecule has 0 saturated carbocycles. The van der Waals surface area contributed by atoms with Gasteiger partial charge in [-0.1, -0.05) is 57.2 Å². The largest absolute Gasteiger partial charge is 0.388 e. The second-order valence-corrected chi connectivity index (χ2v) is 10.2. The highest BCUT2D eigenvalue weighted by Crippen LogP contribution is 2.57. The van der Waals surface area contributed by atoms with E-state index in [2.05, 4.69) is 94.3 Å². The van der Waals surface area contributed by atoms with Gasteiger partial charge in [0.25, 0.3) is 0 Å². The molecule has 2 aliphatic rings. The molecule has 3 nitrogen and oxygen atoms in total. The van der Waals surface area contributed by atoms with Crippen LogP contribution in [-0.2, 0) is 23.2 Å². The number of halogens is 2. The van der Waals surface area contributed by atoms with E-state index in [9.17, 15) is 0 Å². The molecule has 5 heteroatoms. The van der Waals surface area contributed by atoms with Gasteiger partial charge in [0.1, 0.15) is 0 Å². The van der Waals surface area contributed by atoms with Crippen molar-refractivity contribution in [2.24, 2.45) is 5.41 Å². The highest BCUT2D eigenvalue weighted by atomic mass is 35.5. The Morgan fingerprint density at radius 1 is 1.09 bits per heavy atom. The first kappa shape index (κ1) is 27.0. The number of aryl methyl sites for hydroxylation is 1. The third-order valence-electron chi connectivity index (χ3n) is 8.20. The number of ether oxygens (including phenoxy) is 1. The molecule has 3 atom stereocenters. The van der Waals surface area contributed by atoms with E-state index in [0.717, 1.165) is 19.5 Å². The molecule has 1 aliphatic carbocycles. The molecule has 3 unspecified atom stereocenters. The van der Waals surface area contributed by atoms with E-state index in [1.165, 1.54) is 28.8 Å². The first-order chi connectivity index (χ1) is 14.3. The summed E-state index contributed by atoms with van der Waals surface area (Å²) in [5, 5.41) is 3.47. The fourth-order valence-electron chi connectivity index (χ4n) is 6.09. The average Bonchev–Trinajstić information content (AvgIpc) is 2.72. The van der Waals surface area contributed by atoms with Crippen molar-refractivity contribution in [1.82, 2.24) is 4.90 Å². The minimum atomic E-state index is 0. The molecule has 2 aromatic carbocycles. The van der Waals surface area contributed by atoms with Crippen LogP contribution >= 0.6 is 24.8 Å². The summed E-state index contributed by atoms with van der Waals surface area (Å²) < 4.78 is 6.24. The van der Waals surface area contributed by atoms with Crippen LogP contribution < -0.4 is 5.32 Å². The number of hydrogen-bond donors (Lipinski definition) is 1. The number of piperidine rings is 1. The van der Waals surface area contributed by atoms with Gasteiger partial charge in [-0.3, -0.25) is 4.90 Å². The molecule has 1 aliphatic heterocycles. The van der Waals surface area contributed by atoms with E-state index in [-0.39, 0.29) is 41.7 Å². The van der Waals surface area contributed by atoms with Crippen LogP contribution in [0.15, 0.2) is 42.5 Å². The Morgan fingerprint density at radius 3 is 2.44 bits per heavy atom. The summed E-state index contributed by atoms with van der Waals surface area (Å²) in [5.41, 5.74) is 7.55. The van der Waals surface area contributed by atoms with Gasteiger partial charge in [0.2, 0.25) is 0 Å². The SMILES string of the molecule is CNc1ccc(C)c2c1CC1N(CC(C)OCc3ccccc3)CCC2(C)C1(C)C.Cl.Cl. The number of fused-ring (bicyclic) bond motifs is 4. The van der Waals surface area contributed by atoms with Gasteiger partial charge in [-0.25, -0.2) is 0 Å². The third kappa shape index (κ3) is 4.55. The summed E-state index contributed by atoms with van der Waals surface area (Å²) in [6.45, 7) is 14.8. The van der Waals surface area contributed by atoms with E-state index in [1.54, 1.807) is 5.56 Å². The van der Waals surface area contributed by atoms with Crippen molar-refractivity contribution >= 4 is 30.5 Å². The summed E-state index contributed by atoms with van der Waals surface area (Å²) in [6.07, 6.45) is 2.53. The van der Waals surface area contributed by atoms with E-state index >= 15 is 0 Å². The van der Waals surface area contributed by atoms with Crippen LogP contribution in [0.1, 0.15) is 56.4 Å². The van der Waals surface area contributed by atoms with E-state index in [1.807, 2.05) is 0 Å². The van der Waals surface area contributed by atoms with Crippen LogP contribution in [0.3, 0.4) is 0 Å². The van der Waals surface area contributed by atoms with Crippen LogP contribution in [0, 0.1) is 12.3 Å². The van der Waals surface area contributed by atoms with Gasteiger partial charge < -0.3 is 10.1 Å². The van der Waals surface area contributed by atoms with Crippen LogP contribution in [-0.4, -0.2) is 37.2 Å². The maximum absolute atomic E-state index is 6.24. The van der Waals surface area contributed by atoms with Gasteiger partial charge in [-0.15, -0.1) is 24.8 Å². The molecule has 4 rings (SSSR count). The Balaban J connectivity index is 0.00000181. The Kier molecular flexibility index (Phi) is 8.72. The summed E-state index contributed by atoms with van der Waals surface area (Å²) in [4.78, 5) is 2.71. The van der Waals surface area contributed by atoms with Gasteiger partial charge in [-0.05, 0) is 67.0 Å². The lowest BCUT2D eigenvalue weighted by Crippen LogP contribution is -2.64. The lowest BCUT2D eigenvalue weighted by Gasteiger charge is -2.61. The van der Waals surface area contributed by atoms with Crippen molar-refractivity contribution in [3.05, 3.63) is 64.7 Å². The van der Waals surface area contributed by atoms with E-state index in [0.29, 0.717) is 12.6 Å². The van der Waals surface area contributed by atoms with Crippen LogP contribution in [0.25, 0.3) is 0 Å². The number of nitrogens with zero attached hydrogens (tertiary/aromatic N) is 1. The topological polar surface area (TPSA) is 24.5 Å². The molecule has 2 bridgehead atoms. The molecule has 0 aromatic heterocycles. The fraction of sp³-hybridized carbons (Fsp3) is 0.556. The van der Waals surface area contributed by atoms with Gasteiger partial charge in [0.15, 0.2) is 0 Å². The second-order valence-electron chi connectivity index (χ2n) is 10.2. The van der Waals surface area contributed by atoms with Crippen LogP contribution in [0.4, 0.5) is 5.69 Å². The number of rotatable bonds is 6. The third-order valence-corrected chi connectivity index (χ3v) is 8.20. The van der Waals surface area contributed by atoms with Crippen molar-refractivity contribution in [3.63, 3.8) is 0 Å². The number of nitrogens with one attached hydrogen (secondary N) is 1. The average molecular weight is 480 g/mol. The van der Waals surface area contributed by atoms with Crippen LogP contribution in [0.5, 0.6) is 0 Å². The number of likely N-dealkylation sites (tertiary alicyclic amines) is 1. The molecular weight excluding hydrogens is 439 g/mol. The molecule has 32 heavy (non-hydrogen) atoms. The normalized spacial score (nSPS) is 24.5. The predicted molar refractivity (Wildman–Crippen MR) is 141 cm³/mol. The minimum absolute atomic E-state index is 0. The molecule has 2 aromatic rings. The van der Waals surface area contributed by atoms with Crippen molar-refractivity contribution in [2.45, 2.75) is 71.6 Å². The molecule has 0 radical (unpaired) electrons. The quantitative estimate of drug-likeness (QED) is 0.519. The summed E-state index contributed by atoms with van der Waals surface area (Å²) in [5.74, 6) is 0. The van der Waals surface area contributed by atoms with Gasteiger partial charge in [-0.2, -0.15) is 0 Å². The second kappa shape index (κ2) is 10.3. The zero-order chi connectivity index (χ0) is 21.5. The Bertz CT molecular complexity index is 902. The fourth-order valence-corrected chi connectivity index (χ4v) is 6.09. The molecular formula is C27H40Cl2N2O. The minimum Gasteiger partial charge on any atom is -0.388 e. The monoisotopic (exact) mass is 478 g/mol. The first-order valence-electron chi connectivity index (χ1n) is 11.5. The van der Waals surface area contributed by atoms with Gasteiger partial charge >= 0.3 is 0 Å². The van der Waals surface area contributed by atoms with E-state index < -0.39 is 0 Å². The maximum Gasteiger partial charge on any atom is 0.0721 e. The van der Waals surface area contributed by atoms with Crippen LogP contribution in [0.2, 0.25) is 0 Å². The predicted octanol–water partition coefficient (Wildman–Crippen LogP) is 6.40. The van der Waals surface area contributed by atoms with Crippen molar-refractivity contribution in [3.8, 4) is 0 Å².